The number of aromatic nitrogens is 2. The molecule has 0 fully saturated rings. The average molecular weight is 549 g/mol. The number of hydrogen-bond acceptors (Lipinski definition) is 2. The number of likely N-dealkylation sites (N-methyl/N-ethyl adjacent to an activating group) is 2. The van der Waals surface area contributed by atoms with Gasteiger partial charge in [-0.15, -0.1) is 0 Å². The van der Waals surface area contributed by atoms with Crippen LogP contribution in [0.2, 0.25) is 0 Å². The zero-order chi connectivity index (χ0) is 27.9. The van der Waals surface area contributed by atoms with Crippen molar-refractivity contribution in [2.75, 3.05) is 14.1 Å². The van der Waals surface area contributed by atoms with Gasteiger partial charge in [-0.25, -0.2) is 0 Å². The molecule has 4 heteroatoms. The van der Waals surface area contributed by atoms with Gasteiger partial charge >= 0.3 is 0 Å². The van der Waals surface area contributed by atoms with Crippen LogP contribution in [0.3, 0.4) is 0 Å². The van der Waals surface area contributed by atoms with E-state index >= 15 is 0 Å². The lowest BCUT2D eigenvalue weighted by atomic mass is 9.72. The Kier molecular flexibility index (Phi) is 5.36. The maximum absolute atomic E-state index is 3.45. The Labute approximate surface area is 247 Å². The van der Waals surface area contributed by atoms with Crippen molar-refractivity contribution in [1.29, 1.82) is 0 Å². The van der Waals surface area contributed by atoms with Crippen LogP contribution < -0.4 is 0 Å². The lowest BCUT2D eigenvalue weighted by Crippen LogP contribution is -2.44. The minimum Gasteiger partial charge on any atom is -0.361 e. The number of nitrogens with zero attached hydrogens (tertiary/aromatic N) is 2. The predicted molar refractivity (Wildman–Crippen MR) is 171 cm³/mol. The molecule has 208 valence electrons. The Morgan fingerprint density at radius 1 is 0.500 bits per heavy atom. The van der Waals surface area contributed by atoms with Crippen molar-refractivity contribution >= 4 is 21.8 Å². The van der Waals surface area contributed by atoms with E-state index in [-0.39, 0.29) is 0 Å². The van der Waals surface area contributed by atoms with E-state index in [4.69, 9.17) is 0 Å². The van der Waals surface area contributed by atoms with Gasteiger partial charge in [0, 0.05) is 71.2 Å². The SMILES string of the molecule is CN1Cc2ccccc2[C@@H]2c3cccc4[nH]cc(c34)C[C@H]21.CN1Cc2ccccc2[C@@H]2c3cccc4[nH]cc(c34)C[C@H]21. The number of benzene rings is 4. The molecule has 0 bridgehead atoms. The summed E-state index contributed by atoms with van der Waals surface area (Å²) in [5, 5.41) is 2.92. The van der Waals surface area contributed by atoms with Crippen LogP contribution in [0.4, 0.5) is 0 Å². The van der Waals surface area contributed by atoms with Crippen molar-refractivity contribution < 1.29 is 0 Å². The van der Waals surface area contributed by atoms with Gasteiger partial charge in [-0.3, -0.25) is 9.80 Å². The zero-order valence-corrected chi connectivity index (χ0v) is 24.3. The standard InChI is InChI=1S/2C19H18N2/c2*1-21-11-12-5-2-3-6-14(12)19-15-7-4-8-16-18(15)13(10-20-16)9-17(19)21/h2*2-8,10,17,19-20H,9,11H2,1H3/t2*17-,19-/m11/s1. The summed E-state index contributed by atoms with van der Waals surface area (Å²) in [7, 11) is 4.54. The van der Waals surface area contributed by atoms with E-state index in [0.717, 1.165) is 25.9 Å². The van der Waals surface area contributed by atoms with Crippen LogP contribution in [-0.2, 0) is 25.9 Å². The van der Waals surface area contributed by atoms with Crippen LogP contribution in [-0.4, -0.2) is 45.9 Å². The number of rotatable bonds is 0. The highest BCUT2D eigenvalue weighted by Gasteiger charge is 2.40. The molecule has 0 spiro atoms. The van der Waals surface area contributed by atoms with Gasteiger partial charge in [0.1, 0.15) is 0 Å². The van der Waals surface area contributed by atoms with E-state index in [1.807, 2.05) is 0 Å². The minimum atomic E-state index is 0.506. The molecule has 2 N–H and O–H groups in total. The number of fused-ring (bicyclic) bond motifs is 8. The van der Waals surface area contributed by atoms with Gasteiger partial charge < -0.3 is 9.97 Å². The first kappa shape index (κ1) is 24.5. The summed E-state index contributed by atoms with van der Waals surface area (Å²) in [6, 6.07) is 32.5. The third kappa shape index (κ3) is 3.49. The molecule has 6 aromatic rings. The molecule has 4 aromatic carbocycles. The third-order valence-corrected chi connectivity index (χ3v) is 10.7. The van der Waals surface area contributed by atoms with E-state index in [9.17, 15) is 0 Å². The smallest absolute Gasteiger partial charge is 0.0459 e. The monoisotopic (exact) mass is 548 g/mol. The van der Waals surface area contributed by atoms with Crippen LogP contribution in [0, 0.1) is 0 Å². The highest BCUT2D eigenvalue weighted by atomic mass is 15.1. The predicted octanol–water partition coefficient (Wildman–Crippen LogP) is 7.34. The Morgan fingerprint density at radius 2 is 0.929 bits per heavy atom. The van der Waals surface area contributed by atoms with Crippen LogP contribution in [0.25, 0.3) is 21.8 Å². The van der Waals surface area contributed by atoms with Gasteiger partial charge in [-0.1, -0.05) is 72.8 Å². The van der Waals surface area contributed by atoms with Crippen molar-refractivity contribution in [3.8, 4) is 0 Å². The van der Waals surface area contributed by atoms with Gasteiger partial charge in [0.2, 0.25) is 0 Å². The molecule has 2 aliphatic heterocycles. The van der Waals surface area contributed by atoms with E-state index in [1.165, 1.54) is 66.3 Å². The third-order valence-electron chi connectivity index (χ3n) is 10.7. The molecule has 4 atom stereocenters. The topological polar surface area (TPSA) is 38.1 Å². The summed E-state index contributed by atoms with van der Waals surface area (Å²) >= 11 is 0. The molecule has 4 aliphatic rings. The second-order valence-electron chi connectivity index (χ2n) is 12.9. The fourth-order valence-electron chi connectivity index (χ4n) is 8.82. The molecule has 0 unspecified atom stereocenters. The first-order valence-corrected chi connectivity index (χ1v) is 15.4. The number of hydrogen-bond donors (Lipinski definition) is 2. The molecule has 4 nitrogen and oxygen atoms in total. The molecule has 2 aliphatic carbocycles. The van der Waals surface area contributed by atoms with Crippen molar-refractivity contribution in [1.82, 2.24) is 19.8 Å². The Morgan fingerprint density at radius 3 is 1.40 bits per heavy atom. The first-order chi connectivity index (χ1) is 20.7. The summed E-state index contributed by atoms with van der Waals surface area (Å²) in [6.07, 6.45) is 6.70. The van der Waals surface area contributed by atoms with Crippen LogP contribution in [0.5, 0.6) is 0 Å². The lowest BCUT2D eigenvalue weighted by molar-refractivity contribution is 0.193. The summed E-state index contributed by atoms with van der Waals surface area (Å²) in [5.74, 6) is 1.01. The molecule has 0 radical (unpaired) electrons. The highest BCUT2D eigenvalue weighted by Crippen LogP contribution is 2.47. The largest absolute Gasteiger partial charge is 0.361 e. The van der Waals surface area contributed by atoms with Crippen LogP contribution >= 0.6 is 0 Å². The number of nitrogens with one attached hydrogen (secondary N) is 2. The molecule has 0 saturated heterocycles. The fourth-order valence-corrected chi connectivity index (χ4v) is 8.82. The molecule has 4 heterocycles. The second-order valence-corrected chi connectivity index (χ2v) is 12.9. The number of H-pyrrole nitrogens is 2. The quantitative estimate of drug-likeness (QED) is 0.208. The summed E-state index contributed by atoms with van der Waals surface area (Å²) in [4.78, 5) is 12.0. The summed E-state index contributed by atoms with van der Waals surface area (Å²) in [5.41, 5.74) is 14.5. The normalized spacial score (nSPS) is 23.9. The molecule has 10 rings (SSSR count). The highest BCUT2D eigenvalue weighted by molar-refractivity contribution is 5.90. The molecule has 0 amide bonds. The van der Waals surface area contributed by atoms with Gasteiger partial charge in [0.15, 0.2) is 0 Å². The Balaban J connectivity index is 0.000000119. The maximum Gasteiger partial charge on any atom is 0.0459 e. The van der Waals surface area contributed by atoms with Crippen molar-refractivity contribution in [3.05, 3.63) is 142 Å². The molecular weight excluding hydrogens is 512 g/mol. The first-order valence-electron chi connectivity index (χ1n) is 15.4. The van der Waals surface area contributed by atoms with Gasteiger partial charge in [0.05, 0.1) is 0 Å². The van der Waals surface area contributed by atoms with E-state index < -0.39 is 0 Å². The van der Waals surface area contributed by atoms with E-state index in [2.05, 4.69) is 131 Å². The zero-order valence-electron chi connectivity index (χ0n) is 24.3. The maximum atomic E-state index is 3.45. The van der Waals surface area contributed by atoms with E-state index in [1.54, 1.807) is 0 Å². The van der Waals surface area contributed by atoms with Gasteiger partial charge in [-0.2, -0.15) is 0 Å². The van der Waals surface area contributed by atoms with Crippen LogP contribution in [0.15, 0.2) is 97.3 Å². The summed E-state index contributed by atoms with van der Waals surface area (Å²) < 4.78 is 0. The molecular formula is C38H36N4. The van der Waals surface area contributed by atoms with Crippen LogP contribution in [0.1, 0.15) is 56.3 Å². The molecule has 42 heavy (non-hydrogen) atoms. The van der Waals surface area contributed by atoms with E-state index in [0.29, 0.717) is 23.9 Å². The van der Waals surface area contributed by atoms with Crippen molar-refractivity contribution in [2.24, 2.45) is 0 Å². The molecule has 0 saturated carbocycles. The van der Waals surface area contributed by atoms with Gasteiger partial charge in [-0.05, 0) is 83.6 Å². The number of aromatic amines is 2. The Bertz CT molecular complexity index is 1830. The summed E-state index contributed by atoms with van der Waals surface area (Å²) in [6.45, 7) is 2.13. The Hall–Kier alpha value is -4.12. The average Bonchev–Trinajstić information content (AvgIpc) is 3.64. The second kappa shape index (κ2) is 9.19. The molecule has 2 aromatic heterocycles. The van der Waals surface area contributed by atoms with Crippen molar-refractivity contribution in [2.45, 2.75) is 49.9 Å². The minimum absolute atomic E-state index is 0.506. The van der Waals surface area contributed by atoms with Gasteiger partial charge in [0.25, 0.3) is 0 Å². The fraction of sp³-hybridized carbons (Fsp3) is 0.263. The van der Waals surface area contributed by atoms with Crippen molar-refractivity contribution in [3.63, 3.8) is 0 Å². The lowest BCUT2D eigenvalue weighted by Gasteiger charge is -2.43.